The molecule has 0 aliphatic carbocycles. The summed E-state index contributed by atoms with van der Waals surface area (Å²) in [5.41, 5.74) is 0.537. The molecule has 0 radical (unpaired) electrons. The van der Waals surface area contributed by atoms with Crippen molar-refractivity contribution in [1.29, 1.82) is 0 Å². The quantitative estimate of drug-likeness (QED) is 0.842. The van der Waals surface area contributed by atoms with Gasteiger partial charge in [-0.25, -0.2) is 0 Å². The number of carbonyl (C=O) groups excluding carboxylic acids is 1. The van der Waals surface area contributed by atoms with Crippen LogP contribution in [0.1, 0.15) is 31.9 Å². The van der Waals surface area contributed by atoms with Crippen LogP contribution in [0.15, 0.2) is 42.5 Å². The van der Waals surface area contributed by atoms with Gasteiger partial charge in [0, 0.05) is 24.1 Å². The molecule has 0 fully saturated rings. The highest BCUT2D eigenvalue weighted by molar-refractivity contribution is 5.78. The molecular formula is C21H25NO5. The molecule has 0 saturated heterocycles. The predicted octanol–water partition coefficient (Wildman–Crippen LogP) is 3.50. The fourth-order valence-electron chi connectivity index (χ4n) is 3.16. The van der Waals surface area contributed by atoms with E-state index in [4.69, 9.17) is 18.9 Å². The van der Waals surface area contributed by atoms with Gasteiger partial charge in [-0.05, 0) is 38.1 Å². The van der Waals surface area contributed by atoms with Crippen LogP contribution < -0.4 is 24.3 Å². The van der Waals surface area contributed by atoms with E-state index in [0.717, 1.165) is 17.1 Å². The summed E-state index contributed by atoms with van der Waals surface area (Å²) in [5.74, 6) is 2.52. The van der Waals surface area contributed by atoms with Gasteiger partial charge in [0.25, 0.3) is 5.91 Å². The Hall–Kier alpha value is -2.89. The van der Waals surface area contributed by atoms with E-state index in [9.17, 15) is 4.79 Å². The van der Waals surface area contributed by atoms with E-state index in [-0.39, 0.29) is 18.6 Å². The standard InChI is InChI=1S/C21H25NO5/c1-21(2)12-18(17-9-8-15(25-4)11-19(17)27-21)22-20(23)13-26-16-7-5-6-14(10-16)24-3/h5-11,18H,12-13H2,1-4H3,(H,22,23)/t18-/m1/s1. The molecule has 0 saturated carbocycles. The lowest BCUT2D eigenvalue weighted by Gasteiger charge is -2.38. The molecule has 144 valence electrons. The largest absolute Gasteiger partial charge is 0.497 e. The molecule has 1 N–H and O–H groups in total. The zero-order valence-electron chi connectivity index (χ0n) is 16.1. The maximum atomic E-state index is 12.5. The molecule has 6 heteroatoms. The average molecular weight is 371 g/mol. The first-order valence-electron chi connectivity index (χ1n) is 8.83. The van der Waals surface area contributed by atoms with Crippen LogP contribution in [-0.4, -0.2) is 32.3 Å². The minimum absolute atomic E-state index is 0.0730. The summed E-state index contributed by atoms with van der Waals surface area (Å²) in [6, 6.07) is 12.7. The van der Waals surface area contributed by atoms with Gasteiger partial charge < -0.3 is 24.3 Å². The minimum Gasteiger partial charge on any atom is -0.497 e. The van der Waals surface area contributed by atoms with Gasteiger partial charge in [-0.1, -0.05) is 6.07 Å². The molecule has 6 nitrogen and oxygen atoms in total. The smallest absolute Gasteiger partial charge is 0.258 e. The number of carbonyl (C=O) groups is 1. The Labute approximate surface area is 159 Å². The van der Waals surface area contributed by atoms with Crippen LogP contribution in [0, 0.1) is 0 Å². The van der Waals surface area contributed by atoms with Gasteiger partial charge in [-0.2, -0.15) is 0 Å². The molecule has 3 rings (SSSR count). The zero-order valence-corrected chi connectivity index (χ0v) is 16.1. The lowest BCUT2D eigenvalue weighted by molar-refractivity contribution is -0.124. The lowest BCUT2D eigenvalue weighted by atomic mass is 9.89. The lowest BCUT2D eigenvalue weighted by Crippen LogP contribution is -2.42. The Morgan fingerprint density at radius 1 is 1.11 bits per heavy atom. The van der Waals surface area contributed by atoms with Crippen LogP contribution >= 0.6 is 0 Å². The molecule has 1 aliphatic rings. The topological polar surface area (TPSA) is 66.0 Å². The van der Waals surface area contributed by atoms with Gasteiger partial charge >= 0.3 is 0 Å². The molecule has 27 heavy (non-hydrogen) atoms. The minimum atomic E-state index is -0.398. The zero-order chi connectivity index (χ0) is 19.4. The Kier molecular flexibility index (Phi) is 5.44. The van der Waals surface area contributed by atoms with E-state index in [1.54, 1.807) is 26.4 Å². The summed E-state index contributed by atoms with van der Waals surface area (Å²) in [4.78, 5) is 12.5. The van der Waals surface area contributed by atoms with Gasteiger partial charge in [0.05, 0.1) is 20.3 Å². The number of benzene rings is 2. The van der Waals surface area contributed by atoms with E-state index >= 15 is 0 Å². The highest BCUT2D eigenvalue weighted by Gasteiger charge is 2.34. The fourth-order valence-corrected chi connectivity index (χ4v) is 3.16. The SMILES string of the molecule is COc1cccc(OCC(=O)N[C@@H]2CC(C)(C)Oc3cc(OC)ccc32)c1. The maximum Gasteiger partial charge on any atom is 0.258 e. The van der Waals surface area contributed by atoms with E-state index in [2.05, 4.69) is 5.32 Å². The van der Waals surface area contributed by atoms with Crippen LogP contribution in [0.25, 0.3) is 0 Å². The van der Waals surface area contributed by atoms with Gasteiger partial charge in [0.1, 0.15) is 28.6 Å². The fraction of sp³-hybridized carbons (Fsp3) is 0.381. The Morgan fingerprint density at radius 2 is 1.81 bits per heavy atom. The second kappa shape index (κ2) is 7.78. The van der Waals surface area contributed by atoms with Gasteiger partial charge in [0.2, 0.25) is 0 Å². The Balaban J connectivity index is 1.68. The number of nitrogens with one attached hydrogen (secondary N) is 1. The van der Waals surface area contributed by atoms with Gasteiger partial charge in [-0.15, -0.1) is 0 Å². The van der Waals surface area contributed by atoms with Gasteiger partial charge in [-0.3, -0.25) is 4.79 Å². The number of hydrogen-bond donors (Lipinski definition) is 1. The van der Waals surface area contributed by atoms with Crippen LogP contribution in [0.5, 0.6) is 23.0 Å². The Bertz CT molecular complexity index is 818. The summed E-state index contributed by atoms with van der Waals surface area (Å²) in [7, 11) is 3.20. The van der Waals surface area contributed by atoms with E-state index in [1.165, 1.54) is 0 Å². The molecule has 0 spiro atoms. The maximum absolute atomic E-state index is 12.5. The molecule has 2 aromatic carbocycles. The number of methoxy groups -OCH3 is 2. The van der Waals surface area contributed by atoms with Crippen LogP contribution in [-0.2, 0) is 4.79 Å². The second-order valence-corrected chi connectivity index (χ2v) is 7.06. The first-order chi connectivity index (χ1) is 12.9. The van der Waals surface area contributed by atoms with Crippen molar-refractivity contribution in [1.82, 2.24) is 5.32 Å². The summed E-state index contributed by atoms with van der Waals surface area (Å²) in [6.07, 6.45) is 0.664. The van der Waals surface area contributed by atoms with E-state index in [0.29, 0.717) is 17.9 Å². The molecule has 1 heterocycles. The van der Waals surface area contributed by atoms with Crippen molar-refractivity contribution in [2.45, 2.75) is 31.9 Å². The molecule has 0 aromatic heterocycles. The number of ether oxygens (including phenoxy) is 4. The van der Waals surface area contributed by atoms with E-state index in [1.807, 2.05) is 44.2 Å². The van der Waals surface area contributed by atoms with Crippen molar-refractivity contribution >= 4 is 5.91 Å². The number of fused-ring (bicyclic) bond motifs is 1. The van der Waals surface area contributed by atoms with E-state index < -0.39 is 5.60 Å². The number of rotatable bonds is 6. The third kappa shape index (κ3) is 4.64. The van der Waals surface area contributed by atoms with Crippen molar-refractivity contribution in [3.63, 3.8) is 0 Å². The van der Waals surface area contributed by atoms with Crippen molar-refractivity contribution < 1.29 is 23.7 Å². The summed E-state index contributed by atoms with van der Waals surface area (Å²) in [5, 5.41) is 3.05. The molecule has 1 amide bonds. The first-order valence-corrected chi connectivity index (χ1v) is 8.83. The normalized spacial score (nSPS) is 17.3. The highest BCUT2D eigenvalue weighted by Crippen LogP contribution is 2.41. The Morgan fingerprint density at radius 3 is 2.56 bits per heavy atom. The highest BCUT2D eigenvalue weighted by atomic mass is 16.5. The van der Waals surface area contributed by atoms with Crippen LogP contribution in [0.2, 0.25) is 0 Å². The third-order valence-corrected chi connectivity index (χ3v) is 4.42. The number of hydrogen-bond acceptors (Lipinski definition) is 5. The molecular weight excluding hydrogens is 346 g/mol. The second-order valence-electron chi connectivity index (χ2n) is 7.06. The number of amides is 1. The van der Waals surface area contributed by atoms with Crippen molar-refractivity contribution in [3.05, 3.63) is 48.0 Å². The molecule has 1 atom stereocenters. The van der Waals surface area contributed by atoms with Crippen LogP contribution in [0.3, 0.4) is 0 Å². The summed E-state index contributed by atoms with van der Waals surface area (Å²) < 4.78 is 22.1. The predicted molar refractivity (Wildman–Crippen MR) is 102 cm³/mol. The first kappa shape index (κ1) is 18.9. The van der Waals surface area contributed by atoms with Gasteiger partial charge in [0.15, 0.2) is 6.61 Å². The average Bonchev–Trinajstić information content (AvgIpc) is 2.65. The van der Waals surface area contributed by atoms with Crippen molar-refractivity contribution in [2.24, 2.45) is 0 Å². The van der Waals surface area contributed by atoms with Crippen molar-refractivity contribution in [3.8, 4) is 23.0 Å². The summed E-state index contributed by atoms with van der Waals surface area (Å²) >= 11 is 0. The molecule has 1 aliphatic heterocycles. The molecule has 0 bridgehead atoms. The summed E-state index contributed by atoms with van der Waals surface area (Å²) in [6.45, 7) is 3.93. The van der Waals surface area contributed by atoms with Crippen LogP contribution in [0.4, 0.5) is 0 Å². The third-order valence-electron chi connectivity index (χ3n) is 4.42. The monoisotopic (exact) mass is 371 g/mol. The molecule has 2 aromatic rings. The molecule has 0 unspecified atom stereocenters. The van der Waals surface area contributed by atoms with Crippen molar-refractivity contribution in [2.75, 3.05) is 20.8 Å².